The van der Waals surface area contributed by atoms with Crippen molar-refractivity contribution in [3.63, 3.8) is 0 Å². The smallest absolute Gasteiger partial charge is 0.324 e. The number of rotatable bonds is 5. The fourth-order valence-electron chi connectivity index (χ4n) is 1.03. The Bertz CT molecular complexity index is 575. The third kappa shape index (κ3) is 3.24. The van der Waals surface area contributed by atoms with Gasteiger partial charge in [-0.05, 0) is 12.1 Å². The van der Waals surface area contributed by atoms with E-state index < -0.39 is 28.6 Å². The molecule has 8 nitrogen and oxygen atoms in total. The summed E-state index contributed by atoms with van der Waals surface area (Å²) in [5, 5.41) is 25.8. The number of pyridine rings is 1. The topological polar surface area (TPSA) is 140 Å². The summed E-state index contributed by atoms with van der Waals surface area (Å²) in [7, 11) is -4.10. The van der Waals surface area contributed by atoms with Crippen LogP contribution in [0.25, 0.3) is 0 Å². The third-order valence-corrected chi connectivity index (χ3v) is 3.40. The third-order valence-electron chi connectivity index (χ3n) is 1.94. The van der Waals surface area contributed by atoms with Crippen LogP contribution in [0.1, 0.15) is 5.69 Å². The summed E-state index contributed by atoms with van der Waals surface area (Å²) in [4.78, 5) is 13.9. The number of aromatic nitrogens is 1. The summed E-state index contributed by atoms with van der Waals surface area (Å²) in [6.07, 6.45) is 0.928. The molecule has 0 saturated heterocycles. The molecular formula is C9H9N3O5S. The number of nitrogens with one attached hydrogen (secondary N) is 1. The molecule has 0 unspecified atom stereocenters. The van der Waals surface area contributed by atoms with Crippen LogP contribution in [0.15, 0.2) is 23.2 Å². The minimum absolute atomic E-state index is 0.0332. The summed E-state index contributed by atoms with van der Waals surface area (Å²) in [6, 6.07) is 2.38. The molecule has 1 aromatic heterocycles. The largest absolute Gasteiger partial charge is 0.480 e. The first kappa shape index (κ1) is 14.0. The number of carboxylic acids is 1. The van der Waals surface area contributed by atoms with Gasteiger partial charge in [0, 0.05) is 6.20 Å². The predicted molar refractivity (Wildman–Crippen MR) is 57.8 cm³/mol. The molecule has 18 heavy (non-hydrogen) atoms. The molecule has 0 fully saturated rings. The normalized spacial score (nSPS) is 12.7. The maximum absolute atomic E-state index is 11.7. The van der Waals surface area contributed by atoms with Gasteiger partial charge >= 0.3 is 5.97 Å². The van der Waals surface area contributed by atoms with Gasteiger partial charge in [0.1, 0.15) is 22.7 Å². The van der Waals surface area contributed by atoms with E-state index in [-0.39, 0.29) is 10.6 Å². The van der Waals surface area contributed by atoms with Crippen molar-refractivity contribution in [1.29, 1.82) is 5.26 Å². The quantitative estimate of drug-likeness (QED) is 0.603. The molecule has 9 heteroatoms. The molecular weight excluding hydrogens is 262 g/mol. The average molecular weight is 271 g/mol. The number of aliphatic hydroxyl groups is 1. The highest BCUT2D eigenvalue weighted by Crippen LogP contribution is 2.08. The molecule has 0 amide bonds. The molecule has 0 radical (unpaired) electrons. The van der Waals surface area contributed by atoms with Crippen molar-refractivity contribution in [2.24, 2.45) is 0 Å². The molecule has 0 aliphatic rings. The second kappa shape index (κ2) is 5.54. The number of carbonyl (C=O) groups is 1. The van der Waals surface area contributed by atoms with Crippen LogP contribution in [0.3, 0.4) is 0 Å². The van der Waals surface area contributed by atoms with Crippen LogP contribution in [0.4, 0.5) is 0 Å². The molecule has 0 spiro atoms. The Kier molecular flexibility index (Phi) is 4.33. The van der Waals surface area contributed by atoms with Gasteiger partial charge in [-0.1, -0.05) is 0 Å². The van der Waals surface area contributed by atoms with E-state index in [0.717, 1.165) is 12.3 Å². The van der Waals surface area contributed by atoms with Crippen LogP contribution in [0, 0.1) is 11.3 Å². The van der Waals surface area contributed by atoms with Crippen molar-refractivity contribution in [2.75, 3.05) is 6.61 Å². The summed E-state index contributed by atoms with van der Waals surface area (Å²) in [5.41, 5.74) is 0.0332. The van der Waals surface area contributed by atoms with Crippen LogP contribution in [-0.2, 0) is 14.8 Å². The van der Waals surface area contributed by atoms with E-state index in [4.69, 9.17) is 15.5 Å². The second-order valence-electron chi connectivity index (χ2n) is 3.19. The lowest BCUT2D eigenvalue weighted by atomic mass is 10.3. The van der Waals surface area contributed by atoms with Gasteiger partial charge < -0.3 is 10.2 Å². The Hall–Kier alpha value is -2.02. The summed E-state index contributed by atoms with van der Waals surface area (Å²) >= 11 is 0. The molecule has 0 aliphatic heterocycles. The zero-order valence-corrected chi connectivity index (χ0v) is 9.75. The minimum Gasteiger partial charge on any atom is -0.480 e. The maximum Gasteiger partial charge on any atom is 0.324 e. The van der Waals surface area contributed by atoms with Crippen molar-refractivity contribution in [3.05, 3.63) is 24.0 Å². The Morgan fingerprint density at radius 3 is 2.61 bits per heavy atom. The molecule has 1 heterocycles. The predicted octanol–water partition coefficient (Wildman–Crippen LogP) is -1.32. The summed E-state index contributed by atoms with van der Waals surface area (Å²) < 4.78 is 25.2. The molecule has 1 atom stereocenters. The van der Waals surface area contributed by atoms with Gasteiger partial charge in [-0.3, -0.25) is 4.79 Å². The summed E-state index contributed by atoms with van der Waals surface area (Å²) in [6.45, 7) is -0.877. The van der Waals surface area contributed by atoms with E-state index >= 15 is 0 Å². The maximum atomic E-state index is 11.7. The number of sulfonamides is 1. The first-order chi connectivity index (χ1) is 8.40. The SMILES string of the molecule is N#Cc1ccc(S(=O)(=O)N[C@H](CO)C(=O)O)cn1. The van der Waals surface area contributed by atoms with Gasteiger partial charge in [0.2, 0.25) is 10.0 Å². The number of hydrogen-bond acceptors (Lipinski definition) is 6. The lowest BCUT2D eigenvalue weighted by molar-refractivity contribution is -0.139. The number of aliphatic hydroxyl groups excluding tert-OH is 1. The number of nitriles is 1. The highest BCUT2D eigenvalue weighted by molar-refractivity contribution is 7.89. The van der Waals surface area contributed by atoms with E-state index in [2.05, 4.69) is 4.98 Å². The number of aliphatic carboxylic acids is 1. The number of nitrogens with zero attached hydrogens (tertiary/aromatic N) is 2. The van der Waals surface area contributed by atoms with Gasteiger partial charge in [0.05, 0.1) is 6.61 Å². The van der Waals surface area contributed by atoms with E-state index in [9.17, 15) is 13.2 Å². The van der Waals surface area contributed by atoms with Crippen LogP contribution < -0.4 is 4.72 Å². The zero-order chi connectivity index (χ0) is 13.8. The highest BCUT2D eigenvalue weighted by atomic mass is 32.2. The van der Waals surface area contributed by atoms with E-state index in [1.54, 1.807) is 10.8 Å². The summed E-state index contributed by atoms with van der Waals surface area (Å²) in [5.74, 6) is -1.50. The van der Waals surface area contributed by atoms with Gasteiger partial charge in [-0.2, -0.15) is 9.98 Å². The number of hydrogen-bond donors (Lipinski definition) is 3. The standard InChI is InChI=1S/C9H9N3O5S/c10-3-6-1-2-7(4-11-6)18(16,17)12-8(5-13)9(14)15/h1-2,4,8,12-13H,5H2,(H,14,15)/t8-/m1/s1. The lowest BCUT2D eigenvalue weighted by Gasteiger charge is -2.11. The van der Waals surface area contributed by atoms with Crippen LogP contribution in [0.5, 0.6) is 0 Å². The first-order valence-corrected chi connectivity index (χ1v) is 6.11. The Morgan fingerprint density at radius 2 is 2.22 bits per heavy atom. The molecule has 0 aromatic carbocycles. The highest BCUT2D eigenvalue weighted by Gasteiger charge is 2.24. The molecule has 1 rings (SSSR count). The van der Waals surface area contributed by atoms with Crippen molar-refractivity contribution < 1.29 is 23.4 Å². The Labute approximate surface area is 103 Å². The van der Waals surface area contributed by atoms with Crippen molar-refractivity contribution >= 4 is 16.0 Å². The van der Waals surface area contributed by atoms with Crippen molar-refractivity contribution in [1.82, 2.24) is 9.71 Å². The zero-order valence-electron chi connectivity index (χ0n) is 8.94. The fraction of sp³-hybridized carbons (Fsp3) is 0.222. The minimum atomic E-state index is -4.10. The molecule has 0 saturated carbocycles. The second-order valence-corrected chi connectivity index (χ2v) is 4.90. The van der Waals surface area contributed by atoms with E-state index in [0.29, 0.717) is 0 Å². The lowest BCUT2D eigenvalue weighted by Crippen LogP contribution is -2.43. The van der Waals surface area contributed by atoms with Crippen LogP contribution >= 0.6 is 0 Å². The van der Waals surface area contributed by atoms with Gasteiger partial charge in [0.25, 0.3) is 0 Å². The molecule has 1 aromatic rings. The first-order valence-electron chi connectivity index (χ1n) is 4.63. The van der Waals surface area contributed by atoms with E-state index in [1.807, 2.05) is 0 Å². The van der Waals surface area contributed by atoms with Gasteiger partial charge in [-0.15, -0.1) is 0 Å². The Morgan fingerprint density at radius 1 is 1.56 bits per heavy atom. The van der Waals surface area contributed by atoms with Crippen LogP contribution in [-0.4, -0.2) is 42.2 Å². The molecule has 0 bridgehead atoms. The molecule has 0 aliphatic carbocycles. The van der Waals surface area contributed by atoms with Crippen molar-refractivity contribution in [3.8, 4) is 6.07 Å². The van der Waals surface area contributed by atoms with E-state index in [1.165, 1.54) is 6.07 Å². The van der Waals surface area contributed by atoms with Crippen molar-refractivity contribution in [2.45, 2.75) is 10.9 Å². The Balaban J connectivity index is 2.99. The van der Waals surface area contributed by atoms with Gasteiger partial charge in [0.15, 0.2) is 0 Å². The monoisotopic (exact) mass is 271 g/mol. The van der Waals surface area contributed by atoms with Gasteiger partial charge in [-0.25, -0.2) is 13.4 Å². The average Bonchev–Trinajstić information content (AvgIpc) is 2.35. The number of carboxylic acid groups (broad SMARTS) is 1. The molecule has 3 N–H and O–H groups in total. The fourth-order valence-corrected chi connectivity index (χ4v) is 2.15. The van der Waals surface area contributed by atoms with Crippen LogP contribution in [0.2, 0.25) is 0 Å². The molecule has 96 valence electrons.